The Morgan fingerprint density at radius 1 is 0.828 bits per heavy atom. The van der Waals surface area contributed by atoms with Gasteiger partial charge in [-0.3, -0.25) is 4.79 Å². The second-order valence-electron chi connectivity index (χ2n) is 6.84. The summed E-state index contributed by atoms with van der Waals surface area (Å²) < 4.78 is 11.1. The average Bonchev–Trinajstić information content (AvgIpc) is 2.75. The SMILES string of the molecule is CCCC(=O)Oc1ccc(CCNc2ccc(OCc3ccccc3)cc2)cc1. The van der Waals surface area contributed by atoms with E-state index >= 15 is 0 Å². The van der Waals surface area contributed by atoms with E-state index in [9.17, 15) is 4.79 Å². The van der Waals surface area contributed by atoms with Crippen LogP contribution in [0.4, 0.5) is 5.69 Å². The molecule has 4 heteroatoms. The predicted octanol–water partition coefficient (Wildman–Crippen LogP) is 5.63. The Bertz CT molecular complexity index is 874. The molecule has 0 aliphatic rings. The van der Waals surface area contributed by atoms with Crippen LogP contribution >= 0.6 is 0 Å². The summed E-state index contributed by atoms with van der Waals surface area (Å²) in [5.41, 5.74) is 3.40. The van der Waals surface area contributed by atoms with Crippen molar-refractivity contribution < 1.29 is 14.3 Å². The van der Waals surface area contributed by atoms with E-state index in [1.165, 1.54) is 5.56 Å². The number of hydrogen-bond donors (Lipinski definition) is 1. The Kier molecular flexibility index (Phi) is 7.70. The van der Waals surface area contributed by atoms with E-state index in [0.29, 0.717) is 18.8 Å². The molecule has 3 aromatic carbocycles. The van der Waals surface area contributed by atoms with E-state index in [1.54, 1.807) is 0 Å². The Morgan fingerprint density at radius 3 is 2.21 bits per heavy atom. The lowest BCUT2D eigenvalue weighted by Gasteiger charge is -2.10. The van der Waals surface area contributed by atoms with Crippen molar-refractivity contribution in [3.63, 3.8) is 0 Å². The van der Waals surface area contributed by atoms with E-state index in [2.05, 4.69) is 17.4 Å². The van der Waals surface area contributed by atoms with E-state index < -0.39 is 0 Å². The topological polar surface area (TPSA) is 47.6 Å². The highest BCUT2D eigenvalue weighted by atomic mass is 16.5. The largest absolute Gasteiger partial charge is 0.489 e. The van der Waals surface area contributed by atoms with Gasteiger partial charge in [-0.1, -0.05) is 49.4 Å². The van der Waals surface area contributed by atoms with E-state index in [-0.39, 0.29) is 5.97 Å². The molecule has 0 heterocycles. The van der Waals surface area contributed by atoms with Gasteiger partial charge in [0.25, 0.3) is 0 Å². The maximum Gasteiger partial charge on any atom is 0.311 e. The summed E-state index contributed by atoms with van der Waals surface area (Å²) in [6.07, 6.45) is 2.12. The maximum absolute atomic E-state index is 11.5. The molecule has 1 N–H and O–H groups in total. The second kappa shape index (κ2) is 10.9. The summed E-state index contributed by atoms with van der Waals surface area (Å²) in [6, 6.07) is 25.8. The number of carbonyl (C=O) groups is 1. The van der Waals surface area contributed by atoms with Crippen molar-refractivity contribution in [2.45, 2.75) is 32.8 Å². The first kappa shape index (κ1) is 20.5. The monoisotopic (exact) mass is 389 g/mol. The van der Waals surface area contributed by atoms with Gasteiger partial charge in [-0.2, -0.15) is 0 Å². The number of hydrogen-bond acceptors (Lipinski definition) is 4. The van der Waals surface area contributed by atoms with Gasteiger partial charge in [-0.05, 0) is 60.4 Å². The molecule has 0 atom stereocenters. The highest BCUT2D eigenvalue weighted by Gasteiger charge is 2.03. The van der Waals surface area contributed by atoms with Gasteiger partial charge in [-0.15, -0.1) is 0 Å². The first-order chi connectivity index (χ1) is 14.2. The summed E-state index contributed by atoms with van der Waals surface area (Å²) in [7, 11) is 0. The van der Waals surface area contributed by atoms with Gasteiger partial charge in [0, 0.05) is 18.7 Å². The number of esters is 1. The number of ether oxygens (including phenoxy) is 2. The fraction of sp³-hybridized carbons (Fsp3) is 0.240. The normalized spacial score (nSPS) is 10.4. The van der Waals surface area contributed by atoms with E-state index in [0.717, 1.165) is 36.4 Å². The van der Waals surface area contributed by atoms with Crippen LogP contribution in [-0.2, 0) is 17.8 Å². The van der Waals surface area contributed by atoms with Gasteiger partial charge in [0.1, 0.15) is 18.1 Å². The zero-order valence-corrected chi connectivity index (χ0v) is 16.8. The summed E-state index contributed by atoms with van der Waals surface area (Å²) in [5, 5.41) is 3.42. The molecule has 0 aliphatic carbocycles. The van der Waals surface area contributed by atoms with Crippen molar-refractivity contribution in [2.75, 3.05) is 11.9 Å². The molecule has 0 saturated carbocycles. The van der Waals surface area contributed by atoms with Crippen molar-refractivity contribution in [1.82, 2.24) is 0 Å². The fourth-order valence-electron chi connectivity index (χ4n) is 2.87. The number of anilines is 1. The lowest BCUT2D eigenvalue weighted by molar-refractivity contribution is -0.134. The third-order valence-corrected chi connectivity index (χ3v) is 4.45. The van der Waals surface area contributed by atoms with Crippen LogP contribution in [0.2, 0.25) is 0 Å². The zero-order chi connectivity index (χ0) is 20.3. The predicted molar refractivity (Wildman–Crippen MR) is 116 cm³/mol. The third kappa shape index (κ3) is 7.00. The molecule has 150 valence electrons. The molecule has 0 saturated heterocycles. The molecule has 0 fully saturated rings. The smallest absolute Gasteiger partial charge is 0.311 e. The minimum atomic E-state index is -0.182. The highest BCUT2D eigenvalue weighted by molar-refractivity contribution is 5.72. The first-order valence-corrected chi connectivity index (χ1v) is 10.0. The third-order valence-electron chi connectivity index (χ3n) is 4.45. The average molecular weight is 389 g/mol. The van der Waals surface area contributed by atoms with Crippen LogP contribution in [0.15, 0.2) is 78.9 Å². The van der Waals surface area contributed by atoms with E-state index in [4.69, 9.17) is 9.47 Å². The molecule has 3 aromatic rings. The van der Waals surface area contributed by atoms with Gasteiger partial charge in [-0.25, -0.2) is 0 Å². The minimum Gasteiger partial charge on any atom is -0.489 e. The van der Waals surface area contributed by atoms with Gasteiger partial charge in [0.05, 0.1) is 0 Å². The van der Waals surface area contributed by atoms with Crippen molar-refractivity contribution >= 4 is 11.7 Å². The fourth-order valence-corrected chi connectivity index (χ4v) is 2.87. The number of benzene rings is 3. The van der Waals surface area contributed by atoms with Gasteiger partial charge in [0.15, 0.2) is 0 Å². The lowest BCUT2D eigenvalue weighted by Crippen LogP contribution is -2.07. The van der Waals surface area contributed by atoms with Crippen LogP contribution in [0.25, 0.3) is 0 Å². The van der Waals surface area contributed by atoms with Crippen LogP contribution < -0.4 is 14.8 Å². The van der Waals surface area contributed by atoms with Crippen LogP contribution in [0.1, 0.15) is 30.9 Å². The number of nitrogens with one attached hydrogen (secondary N) is 1. The van der Waals surface area contributed by atoms with Crippen molar-refractivity contribution in [3.8, 4) is 11.5 Å². The molecule has 0 bridgehead atoms. The van der Waals surface area contributed by atoms with Gasteiger partial charge >= 0.3 is 5.97 Å². The summed E-state index contributed by atoms with van der Waals surface area (Å²) >= 11 is 0. The number of carbonyl (C=O) groups excluding carboxylic acids is 1. The standard InChI is InChI=1S/C25H27NO3/c1-2-6-25(27)29-24-13-9-20(10-14-24)17-18-26-22-11-15-23(16-12-22)28-19-21-7-4-3-5-8-21/h3-5,7-16,26H,2,6,17-19H2,1H3. The Morgan fingerprint density at radius 2 is 1.52 bits per heavy atom. The van der Waals surface area contributed by atoms with Crippen LogP contribution in [-0.4, -0.2) is 12.5 Å². The Balaban J connectivity index is 1.40. The maximum atomic E-state index is 11.5. The van der Waals surface area contributed by atoms with Crippen LogP contribution in [0.5, 0.6) is 11.5 Å². The van der Waals surface area contributed by atoms with Crippen molar-refractivity contribution in [3.05, 3.63) is 90.0 Å². The Hall–Kier alpha value is -3.27. The second-order valence-corrected chi connectivity index (χ2v) is 6.84. The molecule has 0 amide bonds. The quantitative estimate of drug-likeness (QED) is 0.361. The molecule has 29 heavy (non-hydrogen) atoms. The highest BCUT2D eigenvalue weighted by Crippen LogP contribution is 2.18. The van der Waals surface area contributed by atoms with E-state index in [1.807, 2.05) is 73.7 Å². The molecule has 0 unspecified atom stereocenters. The van der Waals surface area contributed by atoms with Crippen molar-refractivity contribution in [2.24, 2.45) is 0 Å². The molecule has 0 aromatic heterocycles. The van der Waals surface area contributed by atoms with Gasteiger partial charge in [0.2, 0.25) is 0 Å². The van der Waals surface area contributed by atoms with Gasteiger partial charge < -0.3 is 14.8 Å². The lowest BCUT2D eigenvalue weighted by atomic mass is 10.1. The Labute approximate surface area is 172 Å². The van der Waals surface area contributed by atoms with Crippen LogP contribution in [0, 0.1) is 0 Å². The summed E-state index contributed by atoms with van der Waals surface area (Å²) in [4.78, 5) is 11.5. The molecule has 0 spiro atoms. The molecule has 4 nitrogen and oxygen atoms in total. The minimum absolute atomic E-state index is 0.182. The molecule has 3 rings (SSSR count). The summed E-state index contributed by atoms with van der Waals surface area (Å²) in [5.74, 6) is 1.27. The zero-order valence-electron chi connectivity index (χ0n) is 16.8. The molecule has 0 radical (unpaired) electrons. The van der Waals surface area contributed by atoms with Crippen molar-refractivity contribution in [1.29, 1.82) is 0 Å². The molecule has 0 aliphatic heterocycles. The summed E-state index contributed by atoms with van der Waals surface area (Å²) in [6.45, 7) is 3.35. The van der Waals surface area contributed by atoms with Crippen LogP contribution in [0.3, 0.4) is 0 Å². The molecular formula is C25H27NO3. The number of rotatable bonds is 10. The molecular weight excluding hydrogens is 362 g/mol. The first-order valence-electron chi connectivity index (χ1n) is 10.0.